The monoisotopic (exact) mass is 427 g/mol. The number of esters is 1. The molecule has 0 saturated carbocycles. The quantitative estimate of drug-likeness (QED) is 0.427. The number of rotatable bonds is 7. The highest BCUT2D eigenvalue weighted by Gasteiger charge is 2.36. The van der Waals surface area contributed by atoms with Crippen LogP contribution in [0.5, 0.6) is 0 Å². The normalized spacial score (nSPS) is 23.5. The zero-order chi connectivity index (χ0) is 22.4. The van der Waals surface area contributed by atoms with E-state index in [0.29, 0.717) is 24.2 Å². The fourth-order valence-electron chi connectivity index (χ4n) is 4.38. The van der Waals surface area contributed by atoms with Gasteiger partial charge in [0.15, 0.2) is 0 Å². The molecule has 0 aliphatic carbocycles. The van der Waals surface area contributed by atoms with Crippen molar-refractivity contribution in [2.45, 2.75) is 33.2 Å². The molecule has 1 aromatic carbocycles. The first-order valence-electron chi connectivity index (χ1n) is 11.0. The van der Waals surface area contributed by atoms with Gasteiger partial charge in [0.1, 0.15) is 32.7 Å². The van der Waals surface area contributed by atoms with E-state index in [-0.39, 0.29) is 12.6 Å². The number of benzene rings is 1. The number of quaternary nitrogens is 2. The summed E-state index contributed by atoms with van der Waals surface area (Å²) in [5, 5.41) is 14.6. The summed E-state index contributed by atoms with van der Waals surface area (Å²) < 4.78 is 5.39. The van der Waals surface area contributed by atoms with Gasteiger partial charge in [-0.15, -0.1) is 0 Å². The molecule has 1 atom stereocenters. The van der Waals surface area contributed by atoms with Crippen molar-refractivity contribution in [2.24, 2.45) is 0 Å². The molecule has 166 valence electrons. The van der Waals surface area contributed by atoms with Crippen LogP contribution in [0.15, 0.2) is 29.5 Å². The molecule has 31 heavy (non-hydrogen) atoms. The van der Waals surface area contributed by atoms with E-state index in [0.717, 1.165) is 49.4 Å². The average Bonchev–Trinajstić information content (AvgIpc) is 2.74. The molecule has 8 nitrogen and oxygen atoms in total. The highest BCUT2D eigenvalue weighted by Crippen LogP contribution is 2.30. The Balaban J connectivity index is 1.88. The predicted octanol–water partition coefficient (Wildman–Crippen LogP) is -0.828. The van der Waals surface area contributed by atoms with E-state index in [1.54, 1.807) is 6.92 Å². The van der Waals surface area contributed by atoms with Crippen LogP contribution in [0.25, 0.3) is 0 Å². The number of carbonyl (C=O) groups excluding carboxylic acids is 2. The average molecular weight is 428 g/mol. The lowest BCUT2D eigenvalue weighted by Crippen LogP contribution is -3.28. The van der Waals surface area contributed by atoms with Crippen LogP contribution in [-0.4, -0.2) is 57.9 Å². The van der Waals surface area contributed by atoms with Crippen LogP contribution in [0.1, 0.15) is 36.1 Å². The Morgan fingerprint density at radius 2 is 1.94 bits per heavy atom. The number of hydrogen-bond donors (Lipinski definition) is 4. The van der Waals surface area contributed by atoms with E-state index in [1.807, 2.05) is 32.0 Å². The second-order valence-corrected chi connectivity index (χ2v) is 8.34. The van der Waals surface area contributed by atoms with Crippen molar-refractivity contribution in [2.75, 3.05) is 45.9 Å². The molecule has 3 rings (SSSR count). The van der Waals surface area contributed by atoms with Gasteiger partial charge < -0.3 is 25.2 Å². The van der Waals surface area contributed by atoms with Crippen molar-refractivity contribution in [3.63, 3.8) is 0 Å². The first-order valence-corrected chi connectivity index (χ1v) is 11.0. The summed E-state index contributed by atoms with van der Waals surface area (Å²) >= 11 is 0. The number of ether oxygens (including phenoxy) is 1. The molecule has 2 aliphatic heterocycles. The molecule has 8 heteroatoms. The van der Waals surface area contributed by atoms with Gasteiger partial charge in [0.05, 0.1) is 43.0 Å². The van der Waals surface area contributed by atoms with Gasteiger partial charge in [-0.05, 0) is 31.9 Å². The molecular weight excluding hydrogens is 394 g/mol. The summed E-state index contributed by atoms with van der Waals surface area (Å²) in [5.74, 6) is -0.395. The Morgan fingerprint density at radius 1 is 1.23 bits per heavy atom. The number of hydrogen-bond acceptors (Lipinski definition) is 4. The van der Waals surface area contributed by atoms with E-state index in [9.17, 15) is 9.59 Å². The number of aryl methyl sites for hydroxylation is 2. The minimum absolute atomic E-state index is 0.275. The number of nitrogens with zero attached hydrogens (tertiary/aromatic N) is 1. The third-order valence-electron chi connectivity index (χ3n) is 6.08. The predicted molar refractivity (Wildman–Crippen MR) is 115 cm³/mol. The maximum atomic E-state index is 13.0. The van der Waals surface area contributed by atoms with Crippen molar-refractivity contribution in [3.8, 4) is 6.07 Å². The Kier molecular flexibility index (Phi) is 7.66. The molecule has 1 saturated heterocycles. The Labute approximate surface area is 183 Å². The van der Waals surface area contributed by atoms with E-state index in [1.165, 1.54) is 9.80 Å². The van der Waals surface area contributed by atoms with E-state index >= 15 is 0 Å². The molecule has 0 spiro atoms. The van der Waals surface area contributed by atoms with Gasteiger partial charge in [-0.2, -0.15) is 5.26 Å². The number of urea groups is 1. The van der Waals surface area contributed by atoms with Crippen LogP contribution >= 0.6 is 0 Å². The van der Waals surface area contributed by atoms with Crippen LogP contribution in [0.4, 0.5) is 4.79 Å². The number of nitrogens with one attached hydrogen (secondary N) is 4. The van der Waals surface area contributed by atoms with E-state index in [2.05, 4.69) is 16.7 Å². The maximum absolute atomic E-state index is 13.0. The fourth-order valence-corrected chi connectivity index (χ4v) is 4.38. The lowest BCUT2D eigenvalue weighted by atomic mass is 9.91. The summed E-state index contributed by atoms with van der Waals surface area (Å²) in [6.07, 6.45) is 0.572. The minimum atomic E-state index is -0.537. The lowest BCUT2D eigenvalue weighted by molar-refractivity contribution is -1.01. The van der Waals surface area contributed by atoms with Gasteiger partial charge in [-0.3, -0.25) is 0 Å². The van der Waals surface area contributed by atoms with Crippen LogP contribution in [-0.2, 0) is 9.53 Å². The molecule has 0 unspecified atom stereocenters. The third kappa shape index (κ3) is 5.63. The number of carbonyl (C=O) groups is 2. The van der Waals surface area contributed by atoms with Crippen molar-refractivity contribution in [3.05, 3.63) is 46.2 Å². The van der Waals surface area contributed by atoms with Gasteiger partial charge in [0.2, 0.25) is 0 Å². The summed E-state index contributed by atoms with van der Waals surface area (Å²) in [7, 11) is 0. The van der Waals surface area contributed by atoms with Crippen LogP contribution in [0.2, 0.25) is 0 Å². The molecule has 0 bridgehead atoms. The van der Waals surface area contributed by atoms with E-state index in [4.69, 9.17) is 10.00 Å². The molecule has 1 aromatic rings. The zero-order valence-corrected chi connectivity index (χ0v) is 18.6. The summed E-state index contributed by atoms with van der Waals surface area (Å²) in [6.45, 7) is 11.3. The van der Waals surface area contributed by atoms with Gasteiger partial charge >= 0.3 is 12.0 Å². The first kappa shape index (κ1) is 22.8. The minimum Gasteiger partial charge on any atom is -0.463 e. The van der Waals surface area contributed by atoms with E-state index < -0.39 is 12.0 Å². The van der Waals surface area contributed by atoms with Gasteiger partial charge in [0, 0.05) is 0 Å². The third-order valence-corrected chi connectivity index (χ3v) is 6.08. The highest BCUT2D eigenvalue weighted by molar-refractivity contribution is 5.95. The Hall–Kier alpha value is -2.89. The Morgan fingerprint density at radius 3 is 2.61 bits per heavy atom. The molecule has 0 radical (unpaired) electrons. The zero-order valence-electron chi connectivity index (χ0n) is 18.6. The Bertz CT molecular complexity index is 897. The van der Waals surface area contributed by atoms with Gasteiger partial charge in [-0.1, -0.05) is 23.8 Å². The van der Waals surface area contributed by atoms with Crippen molar-refractivity contribution < 1.29 is 24.1 Å². The molecule has 2 aliphatic rings. The first-order chi connectivity index (χ1) is 14.9. The molecule has 2 amide bonds. The van der Waals surface area contributed by atoms with Crippen LogP contribution in [0.3, 0.4) is 0 Å². The molecule has 2 heterocycles. The van der Waals surface area contributed by atoms with Gasteiger partial charge in [0.25, 0.3) is 0 Å². The molecule has 1 fully saturated rings. The van der Waals surface area contributed by atoms with Crippen molar-refractivity contribution >= 4 is 12.0 Å². The molecule has 4 N–H and O–H groups in total. The van der Waals surface area contributed by atoms with Crippen molar-refractivity contribution in [1.29, 1.82) is 5.26 Å². The largest absolute Gasteiger partial charge is 0.463 e. The SMILES string of the molecule is CCOC(=O)C1=C(C[NH+]2CC[NH+](CCC#N)CC2)NC(=O)N[C@@H]1c1cc(C)ccc1C. The topological polar surface area (TPSA) is 100 Å². The van der Waals surface area contributed by atoms with Crippen LogP contribution < -0.4 is 20.4 Å². The van der Waals surface area contributed by atoms with Gasteiger partial charge in [-0.25, -0.2) is 9.59 Å². The smallest absolute Gasteiger partial charge is 0.338 e. The summed E-state index contributed by atoms with van der Waals surface area (Å²) in [6, 6.07) is 7.43. The van der Waals surface area contributed by atoms with Crippen LogP contribution in [0, 0.1) is 25.2 Å². The number of piperazine rings is 1. The number of nitriles is 1. The standard InChI is InChI=1S/C23H31N5O3/c1-4-31-22(29)20-19(15-28-12-10-27(11-13-28)9-5-8-24)25-23(30)26-21(20)18-14-16(2)6-7-17(18)3/h6-7,14,21H,4-5,9-13,15H2,1-3H3,(H2,25,26,30)/p+2/t21-/m1/s1. The second-order valence-electron chi connectivity index (χ2n) is 8.34. The fraction of sp³-hybridized carbons (Fsp3) is 0.522. The lowest BCUT2D eigenvalue weighted by Gasteiger charge is -2.33. The number of amides is 2. The molecule has 0 aromatic heterocycles. The molecular formula is C23H33N5O3+2. The summed E-state index contributed by atoms with van der Waals surface area (Å²) in [5.41, 5.74) is 4.13. The second kappa shape index (κ2) is 10.4. The summed E-state index contributed by atoms with van der Waals surface area (Å²) in [4.78, 5) is 28.3. The van der Waals surface area contributed by atoms with Crippen molar-refractivity contribution in [1.82, 2.24) is 10.6 Å². The maximum Gasteiger partial charge on any atom is 0.338 e. The highest BCUT2D eigenvalue weighted by atomic mass is 16.5.